The topological polar surface area (TPSA) is 35.0 Å². The highest BCUT2D eigenvalue weighted by molar-refractivity contribution is 5.48. The van der Waals surface area contributed by atoms with E-state index in [0.29, 0.717) is 0 Å². The first kappa shape index (κ1) is 9.27. The molecule has 2 aliphatic carbocycles. The Labute approximate surface area is 74.4 Å². The van der Waals surface area contributed by atoms with Crippen LogP contribution >= 0.6 is 0 Å². The predicted octanol–water partition coefficient (Wildman–Crippen LogP) is 3.40. The van der Waals surface area contributed by atoms with Gasteiger partial charge in [0.2, 0.25) is 0 Å². The molecule has 3 N–H and O–H groups in total. The molecule has 1 atom stereocenters. The van der Waals surface area contributed by atoms with Gasteiger partial charge >= 0.3 is 0 Å². The highest BCUT2D eigenvalue weighted by Crippen LogP contribution is 2.40. The quantitative estimate of drug-likeness (QED) is 0.712. The maximum atomic E-state index is 2.33. The van der Waals surface area contributed by atoms with E-state index in [1.165, 1.54) is 18.4 Å². The molecule has 3 rings (SSSR count). The van der Waals surface area contributed by atoms with Crippen LogP contribution in [-0.2, 0) is 0 Å². The summed E-state index contributed by atoms with van der Waals surface area (Å²) in [6.45, 7) is 4.47. The average molecular weight is 163 g/mol. The van der Waals surface area contributed by atoms with Crippen molar-refractivity contribution >= 4 is 0 Å². The van der Waals surface area contributed by atoms with Gasteiger partial charge in [-0.3, -0.25) is 0 Å². The van der Waals surface area contributed by atoms with Crippen LogP contribution in [0.3, 0.4) is 0 Å². The molecule has 66 valence electrons. The number of aryl methyl sites for hydroxylation is 1. The van der Waals surface area contributed by atoms with E-state index < -0.39 is 0 Å². The molecule has 1 aromatic rings. The Bertz CT molecular complexity index is 275. The van der Waals surface area contributed by atoms with Crippen molar-refractivity contribution in [3.05, 3.63) is 34.9 Å². The molecular weight excluding hydrogens is 146 g/mol. The molecule has 0 heterocycles. The fourth-order valence-electron chi connectivity index (χ4n) is 1.95. The molecule has 0 amide bonds. The van der Waals surface area contributed by atoms with Gasteiger partial charge in [0.05, 0.1) is 0 Å². The Balaban J connectivity index is 0.000000720. The van der Waals surface area contributed by atoms with E-state index in [4.69, 9.17) is 0 Å². The predicted molar refractivity (Wildman–Crippen MR) is 53.0 cm³/mol. The van der Waals surface area contributed by atoms with Crippen LogP contribution in [0.25, 0.3) is 0 Å². The van der Waals surface area contributed by atoms with Crippen LogP contribution < -0.4 is 6.15 Å². The van der Waals surface area contributed by atoms with Crippen LogP contribution in [0, 0.1) is 6.92 Å². The third kappa shape index (κ3) is 1.14. The molecule has 1 unspecified atom stereocenters. The van der Waals surface area contributed by atoms with E-state index in [2.05, 4.69) is 32.0 Å². The molecule has 1 aromatic carbocycles. The molecule has 0 aliphatic heterocycles. The molecule has 1 heteroatoms. The lowest BCUT2D eigenvalue weighted by atomic mass is 9.75. The fourth-order valence-corrected chi connectivity index (χ4v) is 1.95. The van der Waals surface area contributed by atoms with E-state index >= 15 is 0 Å². The molecule has 2 aliphatic rings. The lowest BCUT2D eigenvalue weighted by molar-refractivity contribution is 0.661. The average Bonchev–Trinajstić information content (AvgIpc) is 1.99. The fraction of sp³-hybridized carbons (Fsp3) is 0.455. The lowest BCUT2D eigenvalue weighted by Gasteiger charge is -2.29. The highest BCUT2D eigenvalue weighted by Gasteiger charge is 2.23. The number of rotatable bonds is 2. The molecule has 0 radical (unpaired) electrons. The third-order valence-electron chi connectivity index (χ3n) is 2.66. The smallest absolute Gasteiger partial charge is 0.00920 e. The van der Waals surface area contributed by atoms with Crippen molar-refractivity contribution in [1.82, 2.24) is 6.15 Å². The number of hydrogen-bond donors (Lipinski definition) is 1. The van der Waals surface area contributed by atoms with E-state index in [1.54, 1.807) is 11.1 Å². The zero-order valence-electron chi connectivity index (χ0n) is 7.93. The normalized spacial score (nSPS) is 18.0. The minimum absolute atomic E-state index is 0. The van der Waals surface area contributed by atoms with Crippen LogP contribution in [0.5, 0.6) is 0 Å². The van der Waals surface area contributed by atoms with Gasteiger partial charge in [0.15, 0.2) is 0 Å². The number of benzene rings is 1. The van der Waals surface area contributed by atoms with E-state index in [9.17, 15) is 0 Å². The van der Waals surface area contributed by atoms with E-state index in [0.717, 1.165) is 5.92 Å². The number of fused-ring (bicyclic) bond motifs is 2. The van der Waals surface area contributed by atoms with Crippen molar-refractivity contribution in [2.24, 2.45) is 0 Å². The Morgan fingerprint density at radius 1 is 1.33 bits per heavy atom. The van der Waals surface area contributed by atoms with Crippen molar-refractivity contribution in [1.29, 1.82) is 0 Å². The minimum atomic E-state index is 0. The van der Waals surface area contributed by atoms with E-state index in [1.807, 2.05) is 0 Å². The summed E-state index contributed by atoms with van der Waals surface area (Å²) in [7, 11) is 0. The Morgan fingerprint density at radius 2 is 2.08 bits per heavy atom. The summed E-state index contributed by atoms with van der Waals surface area (Å²) in [5.74, 6) is 0.796. The molecule has 12 heavy (non-hydrogen) atoms. The van der Waals surface area contributed by atoms with Crippen LogP contribution in [0.15, 0.2) is 18.2 Å². The second kappa shape index (κ2) is 3.28. The summed E-state index contributed by atoms with van der Waals surface area (Å²) in [4.78, 5) is 0. The lowest BCUT2D eigenvalue weighted by Crippen LogP contribution is -2.12. The monoisotopic (exact) mass is 163 g/mol. The highest BCUT2D eigenvalue weighted by atomic mass is 14.3. The summed E-state index contributed by atoms with van der Waals surface area (Å²) >= 11 is 0. The first-order chi connectivity index (χ1) is 5.33. The summed E-state index contributed by atoms with van der Waals surface area (Å²) in [6.07, 6.45) is 2.63. The molecule has 1 nitrogen and oxygen atoms in total. The van der Waals surface area contributed by atoms with Gasteiger partial charge in [0.25, 0.3) is 0 Å². The summed E-state index contributed by atoms with van der Waals surface area (Å²) in [5, 5.41) is 0. The Morgan fingerprint density at radius 3 is 2.58 bits per heavy atom. The minimum Gasteiger partial charge on any atom is -0.344 e. The Kier molecular flexibility index (Phi) is 2.53. The van der Waals surface area contributed by atoms with Crippen LogP contribution in [0.1, 0.15) is 42.4 Å². The molecule has 0 saturated heterocycles. The van der Waals surface area contributed by atoms with Crippen LogP contribution in [0.4, 0.5) is 0 Å². The van der Waals surface area contributed by atoms with Crippen molar-refractivity contribution in [3.8, 4) is 0 Å². The third-order valence-corrected chi connectivity index (χ3v) is 2.66. The number of hydrogen-bond acceptors (Lipinski definition) is 1. The summed E-state index contributed by atoms with van der Waals surface area (Å²) in [6, 6.07) is 6.83. The largest absolute Gasteiger partial charge is 0.344 e. The second-order valence-corrected chi connectivity index (χ2v) is 3.46. The van der Waals surface area contributed by atoms with Gasteiger partial charge in [0.1, 0.15) is 0 Å². The Hall–Kier alpha value is -0.820. The van der Waals surface area contributed by atoms with Gasteiger partial charge in [-0.05, 0) is 30.0 Å². The first-order valence-electron chi connectivity index (χ1n) is 4.43. The van der Waals surface area contributed by atoms with Gasteiger partial charge in [-0.2, -0.15) is 0 Å². The van der Waals surface area contributed by atoms with Gasteiger partial charge in [0, 0.05) is 5.92 Å². The van der Waals surface area contributed by atoms with Crippen molar-refractivity contribution < 1.29 is 0 Å². The maximum Gasteiger partial charge on any atom is 0.00920 e. The molecule has 0 spiro atoms. The molecule has 0 fully saturated rings. The van der Waals surface area contributed by atoms with Crippen molar-refractivity contribution in [2.75, 3.05) is 0 Å². The van der Waals surface area contributed by atoms with Gasteiger partial charge < -0.3 is 6.15 Å². The van der Waals surface area contributed by atoms with Crippen molar-refractivity contribution in [2.45, 2.75) is 32.6 Å². The summed E-state index contributed by atoms with van der Waals surface area (Å²) < 4.78 is 0. The molecule has 0 aromatic heterocycles. The van der Waals surface area contributed by atoms with Crippen LogP contribution in [0.2, 0.25) is 0 Å². The molecule has 0 saturated carbocycles. The summed E-state index contributed by atoms with van der Waals surface area (Å²) in [5.41, 5.74) is 4.61. The van der Waals surface area contributed by atoms with Crippen LogP contribution in [-0.4, -0.2) is 0 Å². The second-order valence-electron chi connectivity index (χ2n) is 3.46. The first-order valence-corrected chi connectivity index (χ1v) is 4.43. The van der Waals surface area contributed by atoms with Gasteiger partial charge in [-0.1, -0.05) is 31.5 Å². The molecule has 2 bridgehead atoms. The SMILES string of the molecule is CCCC1c2ccc(C)c1c2.N. The van der Waals surface area contributed by atoms with E-state index in [-0.39, 0.29) is 6.15 Å². The molecular formula is C11H17N. The standard InChI is InChI=1S/C11H14.H3N/c1-3-4-10-9-6-5-8(2)11(10)7-9;/h5-7,10H,3-4H2,1-2H3;1H3. The zero-order valence-corrected chi connectivity index (χ0v) is 7.93. The van der Waals surface area contributed by atoms with Gasteiger partial charge in [-0.25, -0.2) is 0 Å². The van der Waals surface area contributed by atoms with Crippen molar-refractivity contribution in [3.63, 3.8) is 0 Å². The maximum absolute atomic E-state index is 2.33. The zero-order chi connectivity index (χ0) is 7.84. The van der Waals surface area contributed by atoms with Gasteiger partial charge in [-0.15, -0.1) is 0 Å².